The van der Waals surface area contributed by atoms with Gasteiger partial charge in [0.15, 0.2) is 0 Å². The number of H-pyrrole nitrogens is 2. The Morgan fingerprint density at radius 1 is 1.06 bits per heavy atom. The summed E-state index contributed by atoms with van der Waals surface area (Å²) in [5.74, 6) is 0.0412. The molecule has 3 aromatic rings. The number of nitrogens with zero attached hydrogens (tertiary/aromatic N) is 1. The number of likely N-dealkylation sites (tertiary alicyclic amines) is 1. The molecule has 1 saturated heterocycles. The molecular weight excluding hydrogens is 470 g/mol. The number of benzene rings is 2. The number of aromatic nitrogens is 2. The normalized spacial score (nSPS) is 14.9. The number of amides is 2. The molecule has 0 radical (unpaired) electrons. The van der Waals surface area contributed by atoms with Crippen molar-refractivity contribution >= 4 is 38.6 Å². The molecule has 1 aliphatic rings. The summed E-state index contributed by atoms with van der Waals surface area (Å²) < 4.78 is 28.5. The number of aromatic amines is 2. The van der Waals surface area contributed by atoms with Crippen LogP contribution in [0, 0.1) is 5.92 Å². The van der Waals surface area contributed by atoms with Crippen molar-refractivity contribution in [2.75, 3.05) is 17.8 Å². The molecule has 0 saturated carbocycles. The van der Waals surface area contributed by atoms with E-state index in [2.05, 4.69) is 20.0 Å². The zero-order valence-corrected chi connectivity index (χ0v) is 20.4. The number of sulfonamides is 1. The van der Waals surface area contributed by atoms with Crippen LogP contribution in [0.25, 0.3) is 11.0 Å². The van der Waals surface area contributed by atoms with Crippen LogP contribution >= 0.6 is 0 Å². The van der Waals surface area contributed by atoms with E-state index in [9.17, 15) is 22.8 Å². The van der Waals surface area contributed by atoms with Gasteiger partial charge in [0.2, 0.25) is 5.91 Å². The number of piperidine rings is 1. The SMILES string of the molecule is CC(C)CC(=O)N1CCC(NC(=O)c2ccccc2NS(=O)(=O)c2ccc3[nH]c(=O)[nH]c3c2)CC1. The molecule has 2 amide bonds. The average molecular weight is 500 g/mol. The van der Waals surface area contributed by atoms with Gasteiger partial charge in [0.1, 0.15) is 0 Å². The molecule has 1 aliphatic heterocycles. The topological polar surface area (TPSA) is 144 Å². The Kier molecular flexibility index (Phi) is 6.97. The Hall–Kier alpha value is -3.60. The summed E-state index contributed by atoms with van der Waals surface area (Å²) in [5, 5.41) is 2.97. The highest BCUT2D eigenvalue weighted by molar-refractivity contribution is 7.92. The largest absolute Gasteiger partial charge is 0.349 e. The van der Waals surface area contributed by atoms with Crippen molar-refractivity contribution in [1.29, 1.82) is 0 Å². The Morgan fingerprint density at radius 2 is 1.74 bits per heavy atom. The number of para-hydroxylation sites is 1. The van der Waals surface area contributed by atoms with Crippen LogP contribution in [0.15, 0.2) is 52.2 Å². The fourth-order valence-corrected chi connectivity index (χ4v) is 5.27. The first-order valence-corrected chi connectivity index (χ1v) is 13.0. The predicted octanol–water partition coefficient (Wildman–Crippen LogP) is 2.42. The van der Waals surface area contributed by atoms with Crippen LogP contribution in [0.3, 0.4) is 0 Å². The highest BCUT2D eigenvalue weighted by Gasteiger charge is 2.26. The van der Waals surface area contributed by atoms with E-state index < -0.39 is 15.7 Å². The first-order chi connectivity index (χ1) is 16.6. The number of hydrogen-bond acceptors (Lipinski definition) is 5. The first-order valence-electron chi connectivity index (χ1n) is 11.5. The lowest BCUT2D eigenvalue weighted by Crippen LogP contribution is -2.46. The van der Waals surface area contributed by atoms with Gasteiger partial charge < -0.3 is 20.2 Å². The molecular formula is C24H29N5O5S. The van der Waals surface area contributed by atoms with Crippen LogP contribution in [0.4, 0.5) is 5.69 Å². The average Bonchev–Trinajstić information content (AvgIpc) is 3.18. The van der Waals surface area contributed by atoms with E-state index in [1.54, 1.807) is 18.2 Å². The molecule has 4 N–H and O–H groups in total. The molecule has 0 bridgehead atoms. The molecule has 11 heteroatoms. The highest BCUT2D eigenvalue weighted by Crippen LogP contribution is 2.23. The number of rotatable bonds is 7. The second-order valence-electron chi connectivity index (χ2n) is 9.16. The lowest BCUT2D eigenvalue weighted by molar-refractivity contribution is -0.133. The van der Waals surface area contributed by atoms with E-state index in [1.165, 1.54) is 24.3 Å². The van der Waals surface area contributed by atoms with Gasteiger partial charge in [0.25, 0.3) is 15.9 Å². The van der Waals surface area contributed by atoms with Crippen LogP contribution in [-0.2, 0) is 14.8 Å². The van der Waals surface area contributed by atoms with Crippen molar-refractivity contribution in [1.82, 2.24) is 20.2 Å². The van der Waals surface area contributed by atoms with E-state index >= 15 is 0 Å². The van der Waals surface area contributed by atoms with Crippen molar-refractivity contribution in [2.24, 2.45) is 5.92 Å². The van der Waals surface area contributed by atoms with E-state index in [-0.39, 0.29) is 34.0 Å². The Morgan fingerprint density at radius 3 is 2.46 bits per heavy atom. The van der Waals surface area contributed by atoms with Gasteiger partial charge in [-0.15, -0.1) is 0 Å². The summed E-state index contributed by atoms with van der Waals surface area (Å²) in [6.45, 7) is 5.18. The van der Waals surface area contributed by atoms with Gasteiger partial charge in [-0.2, -0.15) is 0 Å². The molecule has 0 atom stereocenters. The third kappa shape index (κ3) is 5.73. The van der Waals surface area contributed by atoms with E-state index in [0.717, 1.165) is 0 Å². The quantitative estimate of drug-likeness (QED) is 0.395. The zero-order valence-electron chi connectivity index (χ0n) is 19.6. The second kappa shape index (κ2) is 9.95. The van der Waals surface area contributed by atoms with Crippen molar-refractivity contribution in [2.45, 2.75) is 44.0 Å². The highest BCUT2D eigenvalue weighted by atomic mass is 32.2. The van der Waals surface area contributed by atoms with E-state index in [1.807, 2.05) is 18.7 Å². The third-order valence-electron chi connectivity index (χ3n) is 5.98. The molecule has 0 aliphatic carbocycles. The molecule has 1 fully saturated rings. The predicted molar refractivity (Wildman–Crippen MR) is 133 cm³/mol. The zero-order chi connectivity index (χ0) is 25.2. The summed E-state index contributed by atoms with van der Waals surface area (Å²) in [6, 6.07) is 10.5. The minimum absolute atomic E-state index is 0.0473. The first kappa shape index (κ1) is 24.5. The Bertz CT molecular complexity index is 1400. The maximum Gasteiger partial charge on any atom is 0.323 e. The molecule has 2 heterocycles. The van der Waals surface area contributed by atoms with Gasteiger partial charge in [-0.1, -0.05) is 26.0 Å². The fraction of sp³-hybridized carbons (Fsp3) is 0.375. The molecule has 0 spiro atoms. The van der Waals surface area contributed by atoms with Crippen LogP contribution in [0.2, 0.25) is 0 Å². The molecule has 186 valence electrons. The summed E-state index contributed by atoms with van der Waals surface area (Å²) in [5.41, 5.74) is 0.773. The number of fused-ring (bicyclic) bond motifs is 1. The lowest BCUT2D eigenvalue weighted by Gasteiger charge is -2.33. The van der Waals surface area contributed by atoms with Crippen molar-refractivity contribution < 1.29 is 18.0 Å². The lowest BCUT2D eigenvalue weighted by atomic mass is 10.0. The summed E-state index contributed by atoms with van der Waals surface area (Å²) >= 11 is 0. The van der Waals surface area contributed by atoms with Gasteiger partial charge in [0, 0.05) is 25.6 Å². The number of imidazole rings is 1. The minimum atomic E-state index is -4.02. The van der Waals surface area contributed by atoms with Gasteiger partial charge in [0.05, 0.1) is 27.2 Å². The van der Waals surface area contributed by atoms with Crippen LogP contribution in [0.1, 0.15) is 43.5 Å². The van der Waals surface area contributed by atoms with Crippen molar-refractivity contribution in [3.05, 3.63) is 58.5 Å². The maximum atomic E-state index is 13.0. The summed E-state index contributed by atoms with van der Waals surface area (Å²) in [4.78, 5) is 43.7. The molecule has 1 aromatic heterocycles. The molecule has 2 aromatic carbocycles. The number of nitrogens with one attached hydrogen (secondary N) is 4. The van der Waals surface area contributed by atoms with Crippen LogP contribution in [0.5, 0.6) is 0 Å². The minimum Gasteiger partial charge on any atom is -0.349 e. The van der Waals surface area contributed by atoms with Crippen molar-refractivity contribution in [3.8, 4) is 0 Å². The summed E-state index contributed by atoms with van der Waals surface area (Å²) in [7, 11) is -4.02. The van der Waals surface area contributed by atoms with E-state index in [4.69, 9.17) is 0 Å². The van der Waals surface area contributed by atoms with Crippen LogP contribution < -0.4 is 15.7 Å². The molecule has 35 heavy (non-hydrogen) atoms. The monoisotopic (exact) mass is 499 g/mol. The third-order valence-corrected chi connectivity index (χ3v) is 7.34. The Balaban J connectivity index is 1.44. The second-order valence-corrected chi connectivity index (χ2v) is 10.8. The van der Waals surface area contributed by atoms with Gasteiger partial charge in [-0.3, -0.25) is 14.3 Å². The number of hydrogen-bond donors (Lipinski definition) is 4. The van der Waals surface area contributed by atoms with E-state index in [0.29, 0.717) is 49.3 Å². The van der Waals surface area contributed by atoms with Gasteiger partial charge >= 0.3 is 5.69 Å². The molecule has 10 nitrogen and oxygen atoms in total. The number of carbonyl (C=O) groups is 2. The van der Waals surface area contributed by atoms with Gasteiger partial charge in [-0.25, -0.2) is 13.2 Å². The maximum absolute atomic E-state index is 13.0. The Labute approximate surface area is 203 Å². The van der Waals surface area contributed by atoms with Crippen molar-refractivity contribution in [3.63, 3.8) is 0 Å². The number of carbonyl (C=O) groups excluding carboxylic acids is 2. The standard InChI is InChI=1S/C24H29N5O5S/c1-15(2)13-22(30)29-11-9-16(10-12-29)25-23(31)18-5-3-4-6-19(18)28-35(33,34)17-7-8-20-21(14-17)27-24(32)26-20/h3-8,14-16,28H,9-13H2,1-2H3,(H,25,31)(H2,26,27,32). The molecule has 0 unspecified atom stereocenters. The summed E-state index contributed by atoms with van der Waals surface area (Å²) in [6.07, 6.45) is 1.79. The van der Waals surface area contributed by atoms with Gasteiger partial charge in [-0.05, 0) is 49.1 Å². The van der Waals surface area contributed by atoms with Crippen LogP contribution in [-0.4, -0.2) is 54.2 Å². The number of anilines is 1. The smallest absolute Gasteiger partial charge is 0.323 e. The fourth-order valence-electron chi connectivity index (χ4n) is 4.17. The molecule has 4 rings (SSSR count).